The van der Waals surface area contributed by atoms with Crippen LogP contribution in [-0.2, 0) is 19.1 Å². The largest absolute Gasteiger partial charge is 0.423 e. The Kier molecular flexibility index (Phi) is 4.84. The van der Waals surface area contributed by atoms with E-state index < -0.39 is 5.79 Å². The third-order valence-electron chi connectivity index (χ3n) is 9.28. The van der Waals surface area contributed by atoms with Gasteiger partial charge in [-0.15, -0.1) is 0 Å². The summed E-state index contributed by atoms with van der Waals surface area (Å²) in [5.74, 6) is 0.527. The highest BCUT2D eigenvalue weighted by Gasteiger charge is 2.62. The molecule has 0 aromatic heterocycles. The van der Waals surface area contributed by atoms with Crippen LogP contribution in [0.2, 0.25) is 0 Å². The lowest BCUT2D eigenvalue weighted by atomic mass is 9.45. The Hall–Kier alpha value is -1.10. The van der Waals surface area contributed by atoms with Crippen LogP contribution in [0.3, 0.4) is 0 Å². The summed E-state index contributed by atoms with van der Waals surface area (Å²) in [6.07, 6.45) is 8.65. The summed E-state index contributed by atoms with van der Waals surface area (Å²) >= 11 is 0. The van der Waals surface area contributed by atoms with Crippen LogP contribution in [0, 0.1) is 34.5 Å². The Morgan fingerprint density at radius 3 is 2.11 bits per heavy atom. The van der Waals surface area contributed by atoms with Gasteiger partial charge in [0, 0.05) is 26.7 Å². The smallest absolute Gasteiger partial charge is 0.305 e. The van der Waals surface area contributed by atoms with Crippen LogP contribution in [0.25, 0.3) is 0 Å². The van der Waals surface area contributed by atoms with Crippen molar-refractivity contribution in [3.05, 3.63) is 0 Å². The summed E-state index contributed by atoms with van der Waals surface area (Å²) in [6.45, 7) is 7.52. The SMILES string of the molecule is CC(=O)OC1(OC(C)=O)CC[C@@]2(C)[C@H](CC[C@H]3[C@H]4CC[C@H](O)[C@@]4(C)CC[C@@H]32)C1. The quantitative estimate of drug-likeness (QED) is 0.563. The first-order valence-electron chi connectivity index (χ1n) is 11.2. The van der Waals surface area contributed by atoms with Gasteiger partial charge in [-0.1, -0.05) is 13.8 Å². The standard InChI is InChI=1S/C23H36O5/c1-14(24)27-23(28-15(2)25)12-11-21(3)16(13-23)5-6-17-18-7-8-20(26)22(18,4)10-9-19(17)21/h16-20,26H,5-13H2,1-4H3/t16-,17+,18-,19+,20+,21+,22+/m1/s1. The van der Waals surface area contributed by atoms with Crippen LogP contribution in [0.15, 0.2) is 0 Å². The van der Waals surface area contributed by atoms with E-state index in [4.69, 9.17) is 9.47 Å². The molecule has 4 fully saturated rings. The monoisotopic (exact) mass is 392 g/mol. The highest BCUT2D eigenvalue weighted by molar-refractivity contribution is 5.68. The van der Waals surface area contributed by atoms with Gasteiger partial charge in [0.05, 0.1) is 6.10 Å². The van der Waals surface area contributed by atoms with Gasteiger partial charge in [-0.05, 0) is 79.4 Å². The first-order chi connectivity index (χ1) is 13.1. The Morgan fingerprint density at radius 2 is 1.46 bits per heavy atom. The average molecular weight is 393 g/mol. The maximum Gasteiger partial charge on any atom is 0.305 e. The van der Waals surface area contributed by atoms with Gasteiger partial charge in [-0.3, -0.25) is 9.59 Å². The summed E-state index contributed by atoms with van der Waals surface area (Å²) in [7, 11) is 0. The zero-order chi connectivity index (χ0) is 20.3. The molecule has 0 amide bonds. The molecule has 4 rings (SSSR count). The summed E-state index contributed by atoms with van der Waals surface area (Å²) in [5.41, 5.74) is 0.292. The zero-order valence-electron chi connectivity index (χ0n) is 17.8. The third kappa shape index (κ3) is 3.00. The number of hydrogen-bond acceptors (Lipinski definition) is 5. The lowest BCUT2D eigenvalue weighted by molar-refractivity contribution is -0.261. The zero-order valence-corrected chi connectivity index (χ0v) is 17.8. The van der Waals surface area contributed by atoms with Gasteiger partial charge in [-0.2, -0.15) is 0 Å². The van der Waals surface area contributed by atoms with Crippen molar-refractivity contribution < 1.29 is 24.2 Å². The second-order valence-electron chi connectivity index (χ2n) is 10.6. The van der Waals surface area contributed by atoms with Gasteiger partial charge in [0.1, 0.15) is 0 Å². The van der Waals surface area contributed by atoms with Crippen molar-refractivity contribution in [3.63, 3.8) is 0 Å². The van der Waals surface area contributed by atoms with Crippen LogP contribution in [0.1, 0.15) is 85.5 Å². The van der Waals surface area contributed by atoms with Crippen LogP contribution in [-0.4, -0.2) is 28.9 Å². The Bertz CT molecular complexity index is 643. The number of hydrogen-bond donors (Lipinski definition) is 1. The van der Waals surface area contributed by atoms with E-state index in [1.165, 1.54) is 26.7 Å². The van der Waals surface area contributed by atoms with Crippen molar-refractivity contribution in [2.75, 3.05) is 0 Å². The maximum atomic E-state index is 11.7. The van der Waals surface area contributed by atoms with E-state index in [0.717, 1.165) is 32.1 Å². The van der Waals surface area contributed by atoms with E-state index >= 15 is 0 Å². The molecule has 4 aliphatic carbocycles. The lowest BCUT2D eigenvalue weighted by Gasteiger charge is -2.61. The highest BCUT2D eigenvalue weighted by Crippen LogP contribution is 2.67. The Morgan fingerprint density at radius 1 is 0.821 bits per heavy atom. The first kappa shape index (κ1) is 20.2. The average Bonchev–Trinajstić information content (AvgIpc) is 2.90. The van der Waals surface area contributed by atoms with E-state index in [1.807, 2.05) is 0 Å². The van der Waals surface area contributed by atoms with Gasteiger partial charge in [0.25, 0.3) is 5.79 Å². The van der Waals surface area contributed by atoms with Gasteiger partial charge in [-0.25, -0.2) is 0 Å². The van der Waals surface area contributed by atoms with Crippen molar-refractivity contribution in [1.29, 1.82) is 0 Å². The van der Waals surface area contributed by atoms with Crippen molar-refractivity contribution in [3.8, 4) is 0 Å². The van der Waals surface area contributed by atoms with Crippen LogP contribution in [0.4, 0.5) is 0 Å². The number of fused-ring (bicyclic) bond motifs is 5. The molecule has 4 saturated carbocycles. The van der Waals surface area contributed by atoms with Crippen molar-refractivity contribution in [2.24, 2.45) is 34.5 Å². The van der Waals surface area contributed by atoms with Gasteiger partial charge >= 0.3 is 11.9 Å². The van der Waals surface area contributed by atoms with E-state index in [9.17, 15) is 14.7 Å². The fourth-order valence-corrected chi connectivity index (χ4v) is 7.90. The van der Waals surface area contributed by atoms with E-state index in [0.29, 0.717) is 36.5 Å². The van der Waals surface area contributed by atoms with Crippen molar-refractivity contribution >= 4 is 11.9 Å². The molecular formula is C23H36O5. The van der Waals surface area contributed by atoms with Crippen LogP contribution >= 0.6 is 0 Å². The molecule has 0 bridgehead atoms. The summed E-state index contributed by atoms with van der Waals surface area (Å²) in [5, 5.41) is 10.6. The molecule has 5 nitrogen and oxygen atoms in total. The predicted molar refractivity (Wildman–Crippen MR) is 104 cm³/mol. The molecule has 158 valence electrons. The number of ether oxygens (including phenoxy) is 2. The molecular weight excluding hydrogens is 356 g/mol. The molecule has 4 aliphatic rings. The van der Waals surface area contributed by atoms with E-state index in [-0.39, 0.29) is 28.9 Å². The second kappa shape index (κ2) is 6.72. The molecule has 0 heterocycles. The summed E-state index contributed by atoms with van der Waals surface area (Å²) in [4.78, 5) is 23.4. The van der Waals surface area contributed by atoms with Gasteiger partial charge in [0.15, 0.2) is 0 Å². The first-order valence-corrected chi connectivity index (χ1v) is 11.2. The van der Waals surface area contributed by atoms with Gasteiger partial charge in [0.2, 0.25) is 0 Å². The van der Waals surface area contributed by atoms with Crippen molar-refractivity contribution in [2.45, 2.75) is 97.4 Å². The number of aliphatic hydroxyl groups is 1. The van der Waals surface area contributed by atoms with Gasteiger partial charge < -0.3 is 14.6 Å². The molecule has 0 unspecified atom stereocenters. The molecule has 0 radical (unpaired) electrons. The molecule has 0 aromatic carbocycles. The molecule has 7 atom stereocenters. The van der Waals surface area contributed by atoms with E-state index in [1.54, 1.807) is 0 Å². The minimum atomic E-state index is -1.08. The molecule has 0 aromatic rings. The lowest BCUT2D eigenvalue weighted by Crippen LogP contribution is -2.57. The maximum absolute atomic E-state index is 11.7. The molecule has 5 heteroatoms. The summed E-state index contributed by atoms with van der Waals surface area (Å²) in [6, 6.07) is 0. The minimum Gasteiger partial charge on any atom is -0.423 e. The highest BCUT2D eigenvalue weighted by atomic mass is 16.7. The molecule has 28 heavy (non-hydrogen) atoms. The molecule has 0 saturated heterocycles. The van der Waals surface area contributed by atoms with Crippen LogP contribution < -0.4 is 0 Å². The second-order valence-corrected chi connectivity index (χ2v) is 10.6. The fraction of sp³-hybridized carbons (Fsp3) is 0.913. The predicted octanol–water partition coefficient (Wildman–Crippen LogP) is 4.21. The molecule has 0 aliphatic heterocycles. The Balaban J connectivity index is 1.57. The number of carbonyl (C=O) groups excluding carboxylic acids is 2. The Labute approximate surface area is 168 Å². The number of carbonyl (C=O) groups is 2. The molecule has 1 N–H and O–H groups in total. The summed E-state index contributed by atoms with van der Waals surface area (Å²) < 4.78 is 11.2. The molecule has 0 spiro atoms. The number of rotatable bonds is 2. The normalized spacial score (nSPS) is 46.7. The van der Waals surface area contributed by atoms with Crippen LogP contribution in [0.5, 0.6) is 0 Å². The van der Waals surface area contributed by atoms with E-state index in [2.05, 4.69) is 13.8 Å². The topological polar surface area (TPSA) is 72.8 Å². The number of esters is 2. The third-order valence-corrected chi connectivity index (χ3v) is 9.28. The fourth-order valence-electron chi connectivity index (χ4n) is 7.90. The minimum absolute atomic E-state index is 0.0955. The van der Waals surface area contributed by atoms with Crippen molar-refractivity contribution in [1.82, 2.24) is 0 Å². The number of aliphatic hydroxyl groups excluding tert-OH is 1.